The van der Waals surface area contributed by atoms with Crippen molar-refractivity contribution in [2.24, 2.45) is 50.2 Å². The Hall–Kier alpha value is -4.27. The van der Waals surface area contributed by atoms with Crippen molar-refractivity contribution in [1.82, 2.24) is 19.7 Å². The van der Waals surface area contributed by atoms with Gasteiger partial charge >= 0.3 is 0 Å². The minimum absolute atomic E-state index is 0.00548. The van der Waals surface area contributed by atoms with E-state index in [2.05, 4.69) is 327 Å². The number of benzene rings is 1. The number of aryl methyl sites for hydroxylation is 1. The Balaban J connectivity index is 0.000000501. The Kier molecular flexibility index (Phi) is 52.4. The number of pyridine rings is 1. The van der Waals surface area contributed by atoms with E-state index in [-0.39, 0.29) is 50.9 Å². The van der Waals surface area contributed by atoms with Crippen molar-refractivity contribution in [1.29, 1.82) is 0 Å². The maximum absolute atomic E-state index is 6.26. The molecule has 0 amide bonds. The van der Waals surface area contributed by atoms with E-state index in [1.807, 2.05) is 52.9 Å². The standard InChI is InChI=1S/C20H33NO2.C19H37NO2.C15H27NO.C15H24O2.C15H26O.C14H25NO.C13H24O2/c1-19(2,3)11-7-8-15-9-10-16(14-21-15)22-17-12-18(13-17)23-20(4,5)6;1-18(2,3)9-12-20-10-7-15(8-11-20)21-16-13-17(14-16)22-19(4,5)6;1-13(2)17-12-14-10-16(11-14)9-7-6-8-15(3,4)5;1-12(2)16-10-11-17-14-8-6-13(7-9-14)15(3,4)5;1-14(2,3)9-7-8-12-10-13(11-12)16-15(4,5)6;1-12(2)16-11-13-9-15(10-13)8-6-7-14(3,4)5;1-12(2,3)8-7-9-14-10-11-15-13(4,5)6/h9-10,14,17-18H,7-8,11-13H2,1-6H3;15-17H,7-14H2,1-6H3;13-14H,8-12H2,1-5H3;6-9,12H,10-11H2,1-5H3;12-13H,9-11H2,1-6H3;12-13H,8-11H2,1-5H3;9-11H2,1-6H3. The van der Waals surface area contributed by atoms with Crippen LogP contribution >= 0.6 is 0 Å². The van der Waals surface area contributed by atoms with E-state index in [0.29, 0.717) is 103 Å². The van der Waals surface area contributed by atoms with E-state index in [1.165, 1.54) is 57.3 Å². The molecule has 2 aromatic rings. The zero-order chi connectivity index (χ0) is 95.8. The highest BCUT2D eigenvalue weighted by atomic mass is 16.6. The molecule has 726 valence electrons. The highest BCUT2D eigenvalue weighted by molar-refractivity contribution is 5.31. The van der Waals surface area contributed by atoms with Crippen LogP contribution in [-0.4, -0.2) is 202 Å². The fourth-order valence-corrected chi connectivity index (χ4v) is 13.5. The lowest BCUT2D eigenvalue weighted by Crippen LogP contribution is -2.48. The molecule has 0 N–H and O–H groups in total. The van der Waals surface area contributed by atoms with Gasteiger partial charge in [0.25, 0.3) is 0 Å². The molecule has 3 saturated heterocycles. The summed E-state index contributed by atoms with van der Waals surface area (Å²) in [5.41, 5.74) is 4.20. The van der Waals surface area contributed by atoms with E-state index in [1.54, 1.807) is 0 Å². The smallest absolute Gasteiger partial charge is 0.138 e. The lowest BCUT2D eigenvalue weighted by Gasteiger charge is -2.42. The molecular weight excluding hydrogens is 1570 g/mol. The molecule has 3 saturated carbocycles. The summed E-state index contributed by atoms with van der Waals surface area (Å²) in [6.45, 7) is 98.9. The summed E-state index contributed by atoms with van der Waals surface area (Å²) >= 11 is 0. The first-order chi connectivity index (χ1) is 57.7. The average molecular weight is 1760 g/mol. The molecule has 6 fully saturated rings. The van der Waals surface area contributed by atoms with Crippen molar-refractivity contribution >= 4 is 0 Å². The predicted molar refractivity (Wildman–Crippen MR) is 533 cm³/mol. The van der Waals surface area contributed by atoms with Crippen LogP contribution < -0.4 is 9.47 Å². The number of piperidine rings is 1. The first-order valence-corrected chi connectivity index (χ1v) is 48.9. The van der Waals surface area contributed by atoms with E-state index in [0.717, 1.165) is 139 Å². The molecule has 15 nitrogen and oxygen atoms in total. The van der Waals surface area contributed by atoms with Crippen molar-refractivity contribution in [2.45, 2.75) is 443 Å². The molecule has 126 heavy (non-hydrogen) atoms. The van der Waals surface area contributed by atoms with Gasteiger partial charge < -0.3 is 57.0 Å². The van der Waals surface area contributed by atoms with E-state index >= 15 is 0 Å². The zero-order valence-electron chi connectivity index (χ0n) is 89.0. The second-order valence-electron chi connectivity index (χ2n) is 49.1. The van der Waals surface area contributed by atoms with Gasteiger partial charge in [-0.15, -0.1) is 11.8 Å². The van der Waals surface area contributed by atoms with Crippen molar-refractivity contribution in [3.05, 3.63) is 53.9 Å². The van der Waals surface area contributed by atoms with E-state index < -0.39 is 0 Å². The largest absolute Gasteiger partial charge is 0.491 e. The third kappa shape index (κ3) is 67.0. The highest BCUT2D eigenvalue weighted by Crippen LogP contribution is 2.36. The van der Waals surface area contributed by atoms with Crippen LogP contribution in [0.15, 0.2) is 42.6 Å². The number of aromatic nitrogens is 1. The van der Waals surface area contributed by atoms with Gasteiger partial charge in [0.15, 0.2) is 0 Å². The maximum atomic E-state index is 6.26. The summed E-state index contributed by atoms with van der Waals surface area (Å²) < 4.78 is 63.1. The van der Waals surface area contributed by atoms with Gasteiger partial charge in [-0.25, -0.2) is 0 Å². The molecule has 1 aromatic heterocycles. The number of rotatable bonds is 29. The van der Waals surface area contributed by atoms with Crippen molar-refractivity contribution < 1.29 is 52.1 Å². The summed E-state index contributed by atoms with van der Waals surface area (Å²) in [6.07, 6.45) is 20.7. The molecule has 6 aliphatic rings. The number of nitrogens with zero attached hydrogens (tertiary/aromatic N) is 4. The monoisotopic (exact) mass is 1760 g/mol. The summed E-state index contributed by atoms with van der Waals surface area (Å²) in [7, 11) is 0. The van der Waals surface area contributed by atoms with Crippen molar-refractivity contribution in [3.63, 3.8) is 0 Å². The molecule has 4 heterocycles. The summed E-state index contributed by atoms with van der Waals surface area (Å²) in [5.74, 6) is 29.6. The van der Waals surface area contributed by atoms with Crippen LogP contribution in [0, 0.1) is 97.6 Å². The number of hydrogen-bond acceptors (Lipinski definition) is 15. The molecule has 0 bridgehead atoms. The van der Waals surface area contributed by atoms with Crippen LogP contribution in [0.25, 0.3) is 0 Å². The number of ether oxygens (including phenoxy) is 11. The lowest BCUT2D eigenvalue weighted by molar-refractivity contribution is -0.167. The summed E-state index contributed by atoms with van der Waals surface area (Å²) in [4.78, 5) is 11.9. The highest BCUT2D eigenvalue weighted by Gasteiger charge is 2.38. The molecule has 0 unspecified atom stereocenters. The van der Waals surface area contributed by atoms with Gasteiger partial charge in [0, 0.05) is 99.2 Å². The van der Waals surface area contributed by atoms with Crippen LogP contribution in [0.3, 0.4) is 0 Å². The SMILES string of the molecule is CC(C)(C)C#CCOCCOC(C)(C)C.CC(C)(C)CC#CC1CC(OC(C)(C)C)C1.CC(C)(C)CCCc1ccc(OC2CC(OC(C)(C)C)C2)cn1.CC(C)(C)CCN1CCC(OC2CC(OC(C)(C)C)C2)CC1.CC(C)OCC1CN(CC#CC(C)(C)C)C1.CC(C)OCC1CN(CC#CCC(C)(C)C)C1.CC(C)OCCOc1ccc(C(C)(C)C)cc1. The third-order valence-corrected chi connectivity index (χ3v) is 20.4. The van der Waals surface area contributed by atoms with Crippen LogP contribution in [0.5, 0.6) is 11.5 Å². The van der Waals surface area contributed by atoms with Crippen LogP contribution in [0.2, 0.25) is 0 Å². The second kappa shape index (κ2) is 56.0. The zero-order valence-corrected chi connectivity index (χ0v) is 89.0. The lowest BCUT2D eigenvalue weighted by atomic mass is 9.82. The predicted octanol–water partition coefficient (Wildman–Crippen LogP) is 25.3. The second-order valence-corrected chi connectivity index (χ2v) is 49.1. The summed E-state index contributed by atoms with van der Waals surface area (Å²) in [6, 6.07) is 12.4. The average Bonchev–Trinajstić information content (AvgIpc) is 0.961. The Morgan fingerprint density at radius 1 is 0.413 bits per heavy atom. The molecular formula is C111H196N4O11. The Labute approximate surface area is 778 Å². The molecule has 1 aromatic carbocycles. The molecule has 0 spiro atoms. The molecule has 3 aliphatic carbocycles. The quantitative estimate of drug-likeness (QED) is 0.0566. The van der Waals surface area contributed by atoms with Crippen LogP contribution in [-0.2, 0) is 54.5 Å². The summed E-state index contributed by atoms with van der Waals surface area (Å²) in [5, 5.41) is 0. The number of likely N-dealkylation sites (tertiary alicyclic amines) is 3. The van der Waals surface area contributed by atoms with Gasteiger partial charge in [0.1, 0.15) is 30.8 Å². The molecule has 8 rings (SSSR count). The Morgan fingerprint density at radius 2 is 0.865 bits per heavy atom. The topological polar surface area (TPSA) is 124 Å². The molecule has 0 atom stereocenters. The van der Waals surface area contributed by atoms with Crippen LogP contribution in [0.4, 0.5) is 0 Å². The molecule has 15 heteroatoms. The Bertz CT molecular complexity index is 3440. The van der Waals surface area contributed by atoms with Gasteiger partial charge in [-0.1, -0.05) is 152 Å². The fourth-order valence-electron chi connectivity index (χ4n) is 13.5. The van der Waals surface area contributed by atoms with Crippen molar-refractivity contribution in [2.75, 3.05) is 105 Å². The fraction of sp³-hybridized carbons (Fsp3) is 0.829. The van der Waals surface area contributed by atoms with Gasteiger partial charge in [0.05, 0.1) is 124 Å². The first kappa shape index (κ1) is 118. The van der Waals surface area contributed by atoms with Gasteiger partial charge in [-0.3, -0.25) is 14.8 Å². The normalized spacial score (nSPS) is 20.0. The van der Waals surface area contributed by atoms with Crippen molar-refractivity contribution in [3.8, 4) is 58.9 Å². The third-order valence-electron chi connectivity index (χ3n) is 20.4. The van der Waals surface area contributed by atoms with Gasteiger partial charge in [0.2, 0.25) is 0 Å². The van der Waals surface area contributed by atoms with Crippen LogP contribution in [0.1, 0.15) is 365 Å². The maximum Gasteiger partial charge on any atom is 0.138 e. The molecule has 3 aliphatic heterocycles. The van der Waals surface area contributed by atoms with E-state index in [4.69, 9.17) is 52.1 Å². The molecule has 0 radical (unpaired) electrons. The van der Waals surface area contributed by atoms with E-state index in [9.17, 15) is 0 Å². The number of hydrogen-bond donors (Lipinski definition) is 0. The minimum Gasteiger partial charge on any atom is -0.491 e. The van der Waals surface area contributed by atoms with Gasteiger partial charge in [-0.2, -0.15) is 0 Å². The van der Waals surface area contributed by atoms with Gasteiger partial charge in [-0.05, 0) is 294 Å². The Morgan fingerprint density at radius 3 is 1.29 bits per heavy atom. The minimum atomic E-state index is -0.0829. The first-order valence-electron chi connectivity index (χ1n) is 48.9.